The highest BCUT2D eigenvalue weighted by Gasteiger charge is 2.09. The van der Waals surface area contributed by atoms with Crippen molar-refractivity contribution in [3.8, 4) is 0 Å². The van der Waals surface area contributed by atoms with E-state index in [1.807, 2.05) is 11.8 Å². The second-order valence-electron chi connectivity index (χ2n) is 3.12. The van der Waals surface area contributed by atoms with Gasteiger partial charge in [0, 0.05) is 37.7 Å². The van der Waals surface area contributed by atoms with Crippen LogP contribution < -0.4 is 5.32 Å². The number of nitrogens with one attached hydrogen (secondary N) is 1. The molecule has 14 heavy (non-hydrogen) atoms. The Morgan fingerprint density at radius 3 is 3.00 bits per heavy atom. The summed E-state index contributed by atoms with van der Waals surface area (Å²) >= 11 is 3.60. The van der Waals surface area contributed by atoms with Crippen molar-refractivity contribution in [2.45, 2.75) is 0 Å². The predicted molar refractivity (Wildman–Crippen MR) is 62.2 cm³/mol. The third-order valence-corrected chi connectivity index (χ3v) is 3.76. The van der Waals surface area contributed by atoms with Crippen LogP contribution in [0.2, 0.25) is 0 Å². The maximum absolute atomic E-state index is 3.93. The minimum Gasteiger partial charge on any atom is -0.359 e. The zero-order valence-electron chi connectivity index (χ0n) is 7.98. The molecule has 0 radical (unpaired) electrons. The zero-order chi connectivity index (χ0) is 9.64. The average molecular weight is 230 g/mol. The minimum atomic E-state index is 0.927. The molecule has 1 aromatic heterocycles. The van der Waals surface area contributed by atoms with Crippen LogP contribution >= 0.6 is 23.1 Å². The molecule has 1 aliphatic heterocycles. The number of hydrogen-bond acceptors (Lipinski definition) is 6. The van der Waals surface area contributed by atoms with Gasteiger partial charge in [0.05, 0.1) is 0 Å². The maximum Gasteiger partial charge on any atom is 0.205 e. The minimum absolute atomic E-state index is 0.927. The number of aromatic nitrogens is 2. The SMILES string of the molecule is c1nnc(NCCN2CCSCC2)s1. The Morgan fingerprint density at radius 1 is 1.43 bits per heavy atom. The summed E-state index contributed by atoms with van der Waals surface area (Å²) in [4.78, 5) is 2.49. The summed E-state index contributed by atoms with van der Waals surface area (Å²) in [6, 6.07) is 0. The van der Waals surface area contributed by atoms with E-state index in [2.05, 4.69) is 20.4 Å². The molecule has 2 heterocycles. The van der Waals surface area contributed by atoms with Crippen molar-refractivity contribution in [2.75, 3.05) is 43.0 Å². The first kappa shape index (κ1) is 10.2. The van der Waals surface area contributed by atoms with Gasteiger partial charge in [0.25, 0.3) is 0 Å². The summed E-state index contributed by atoms with van der Waals surface area (Å²) in [5.41, 5.74) is 1.75. The Bertz CT molecular complexity index is 246. The standard InChI is InChI=1S/C8H14N4S2/c1(9-8-11-10-7-14-8)2-12-3-5-13-6-4-12/h7H,1-6H2,(H,9,11). The Kier molecular flexibility index (Phi) is 4.03. The van der Waals surface area contributed by atoms with Gasteiger partial charge in [-0.25, -0.2) is 0 Å². The van der Waals surface area contributed by atoms with E-state index in [0.717, 1.165) is 18.2 Å². The lowest BCUT2D eigenvalue weighted by Gasteiger charge is -2.25. The summed E-state index contributed by atoms with van der Waals surface area (Å²) in [5.74, 6) is 2.55. The van der Waals surface area contributed by atoms with Crippen LogP contribution in [-0.4, -0.2) is 52.8 Å². The van der Waals surface area contributed by atoms with Gasteiger partial charge in [0.1, 0.15) is 5.51 Å². The molecule has 1 fully saturated rings. The summed E-state index contributed by atoms with van der Waals surface area (Å²) < 4.78 is 0. The molecule has 0 saturated carbocycles. The van der Waals surface area contributed by atoms with Gasteiger partial charge in [-0.1, -0.05) is 11.3 Å². The van der Waals surface area contributed by atoms with Crippen molar-refractivity contribution in [3.63, 3.8) is 0 Å². The van der Waals surface area contributed by atoms with Crippen LogP contribution in [0.15, 0.2) is 5.51 Å². The van der Waals surface area contributed by atoms with Crippen LogP contribution in [0.4, 0.5) is 5.13 Å². The maximum atomic E-state index is 3.93. The van der Waals surface area contributed by atoms with E-state index in [4.69, 9.17) is 0 Å². The van der Waals surface area contributed by atoms with Gasteiger partial charge in [0.2, 0.25) is 5.13 Å². The first-order chi connectivity index (χ1) is 6.95. The molecule has 1 saturated heterocycles. The van der Waals surface area contributed by atoms with E-state index in [1.54, 1.807) is 16.8 Å². The molecule has 1 aromatic rings. The molecule has 4 nitrogen and oxygen atoms in total. The number of nitrogens with zero attached hydrogens (tertiary/aromatic N) is 3. The van der Waals surface area contributed by atoms with Crippen molar-refractivity contribution in [2.24, 2.45) is 0 Å². The molecule has 1 aliphatic rings. The molecular formula is C8H14N4S2. The number of anilines is 1. The second-order valence-corrected chi connectivity index (χ2v) is 5.18. The molecule has 0 aromatic carbocycles. The summed E-state index contributed by atoms with van der Waals surface area (Å²) in [6.45, 7) is 4.53. The normalized spacial score (nSPS) is 18.3. The van der Waals surface area contributed by atoms with Crippen molar-refractivity contribution in [1.29, 1.82) is 0 Å². The Balaban J connectivity index is 1.62. The fraction of sp³-hybridized carbons (Fsp3) is 0.750. The topological polar surface area (TPSA) is 41.1 Å². The van der Waals surface area contributed by atoms with E-state index in [1.165, 1.54) is 24.6 Å². The molecular weight excluding hydrogens is 216 g/mol. The van der Waals surface area contributed by atoms with Crippen LogP contribution in [-0.2, 0) is 0 Å². The molecule has 1 N–H and O–H groups in total. The monoisotopic (exact) mass is 230 g/mol. The molecule has 2 rings (SSSR count). The molecule has 0 aliphatic carbocycles. The first-order valence-electron chi connectivity index (χ1n) is 4.75. The highest BCUT2D eigenvalue weighted by molar-refractivity contribution is 7.99. The van der Waals surface area contributed by atoms with Gasteiger partial charge in [-0.15, -0.1) is 10.2 Å². The van der Waals surface area contributed by atoms with Gasteiger partial charge in [-0.05, 0) is 0 Å². The first-order valence-corrected chi connectivity index (χ1v) is 6.79. The molecule has 0 atom stereocenters. The summed E-state index contributed by atoms with van der Waals surface area (Å²) in [6.07, 6.45) is 0. The van der Waals surface area contributed by atoms with Gasteiger partial charge >= 0.3 is 0 Å². The fourth-order valence-electron chi connectivity index (χ4n) is 1.40. The molecule has 0 bridgehead atoms. The Morgan fingerprint density at radius 2 is 2.29 bits per heavy atom. The van der Waals surface area contributed by atoms with Gasteiger partial charge in [0.15, 0.2) is 0 Å². The number of hydrogen-bond donors (Lipinski definition) is 1. The number of rotatable bonds is 4. The Labute approximate surface area is 92.1 Å². The molecule has 0 amide bonds. The van der Waals surface area contributed by atoms with Gasteiger partial charge in [-0.2, -0.15) is 11.8 Å². The molecule has 0 unspecified atom stereocenters. The highest BCUT2D eigenvalue weighted by Crippen LogP contribution is 2.10. The van der Waals surface area contributed by atoms with Crippen molar-refractivity contribution in [1.82, 2.24) is 15.1 Å². The molecule has 0 spiro atoms. The van der Waals surface area contributed by atoms with Crippen molar-refractivity contribution >= 4 is 28.2 Å². The lowest BCUT2D eigenvalue weighted by Crippen LogP contribution is -2.36. The van der Waals surface area contributed by atoms with Crippen molar-refractivity contribution in [3.05, 3.63) is 5.51 Å². The van der Waals surface area contributed by atoms with Crippen molar-refractivity contribution < 1.29 is 0 Å². The van der Waals surface area contributed by atoms with E-state index in [0.29, 0.717) is 0 Å². The van der Waals surface area contributed by atoms with Gasteiger partial charge in [-0.3, -0.25) is 4.90 Å². The van der Waals surface area contributed by atoms with Gasteiger partial charge < -0.3 is 5.32 Å². The third kappa shape index (κ3) is 3.11. The molecule has 78 valence electrons. The van der Waals surface area contributed by atoms with Crippen LogP contribution in [0.25, 0.3) is 0 Å². The lowest BCUT2D eigenvalue weighted by atomic mass is 10.4. The van der Waals surface area contributed by atoms with Crippen LogP contribution in [0, 0.1) is 0 Å². The smallest absolute Gasteiger partial charge is 0.205 e. The third-order valence-electron chi connectivity index (χ3n) is 2.17. The van der Waals surface area contributed by atoms with Crippen LogP contribution in [0.5, 0.6) is 0 Å². The zero-order valence-corrected chi connectivity index (χ0v) is 9.61. The van der Waals surface area contributed by atoms with Crippen LogP contribution in [0.3, 0.4) is 0 Å². The predicted octanol–water partition coefficient (Wildman–Crippen LogP) is 0.999. The lowest BCUT2D eigenvalue weighted by molar-refractivity contribution is 0.314. The van der Waals surface area contributed by atoms with E-state index >= 15 is 0 Å². The molecule has 6 heteroatoms. The quantitative estimate of drug-likeness (QED) is 0.835. The fourth-order valence-corrected chi connectivity index (χ4v) is 2.85. The second kappa shape index (κ2) is 5.53. The van der Waals surface area contributed by atoms with E-state index in [9.17, 15) is 0 Å². The van der Waals surface area contributed by atoms with E-state index < -0.39 is 0 Å². The van der Waals surface area contributed by atoms with E-state index in [-0.39, 0.29) is 0 Å². The largest absolute Gasteiger partial charge is 0.359 e. The van der Waals surface area contributed by atoms with Crippen LogP contribution in [0.1, 0.15) is 0 Å². The Hall–Kier alpha value is -0.330. The number of thioether (sulfide) groups is 1. The summed E-state index contributed by atoms with van der Waals surface area (Å²) in [5, 5.41) is 11.9. The summed E-state index contributed by atoms with van der Waals surface area (Å²) in [7, 11) is 0. The highest BCUT2D eigenvalue weighted by atomic mass is 32.2. The average Bonchev–Trinajstić information content (AvgIpc) is 2.72.